The van der Waals surface area contributed by atoms with Gasteiger partial charge in [-0.3, -0.25) is 5.01 Å². The van der Waals surface area contributed by atoms with Crippen molar-refractivity contribution in [1.29, 1.82) is 5.26 Å². The van der Waals surface area contributed by atoms with Gasteiger partial charge in [0.1, 0.15) is 11.7 Å². The first kappa shape index (κ1) is 37.5. The zero-order chi connectivity index (χ0) is 33.9. The quantitative estimate of drug-likeness (QED) is 0.260. The number of imidazole rings is 1. The molecule has 0 unspecified atom stereocenters. The van der Waals surface area contributed by atoms with E-state index in [-0.39, 0.29) is 5.82 Å². The lowest BCUT2D eigenvalue weighted by atomic mass is 10.1. The molecule has 1 fully saturated rings. The van der Waals surface area contributed by atoms with Gasteiger partial charge in [-0.15, -0.1) is 0 Å². The Kier molecular flexibility index (Phi) is 13.8. The van der Waals surface area contributed by atoms with Crippen molar-refractivity contribution in [3.05, 3.63) is 12.2 Å². The lowest BCUT2D eigenvalue weighted by Gasteiger charge is -2.35. The molecule has 13 nitrogen and oxygen atoms in total. The molecule has 45 heavy (non-hydrogen) atoms. The number of nitriles is 1. The molecule has 2 aromatic rings. The molecule has 252 valence electrons. The molecule has 1 aliphatic carbocycles. The fourth-order valence-electron chi connectivity index (χ4n) is 4.81. The number of hydrazine groups is 1. The van der Waals surface area contributed by atoms with E-state index in [0.717, 1.165) is 45.2 Å². The predicted octanol–water partition coefficient (Wildman–Crippen LogP) is 4.38. The molecule has 16 heteroatoms. The molecule has 0 aromatic carbocycles. The van der Waals surface area contributed by atoms with Crippen LogP contribution in [-0.4, -0.2) is 118 Å². The highest BCUT2D eigenvalue weighted by Crippen LogP contribution is 2.31. The molecule has 1 N–H and O–H groups in total. The summed E-state index contributed by atoms with van der Waals surface area (Å²) >= 11 is 0. The lowest BCUT2D eigenvalue weighted by molar-refractivity contribution is -0.210. The second kappa shape index (κ2) is 16.6. The van der Waals surface area contributed by atoms with Crippen LogP contribution in [0.15, 0.2) is 6.33 Å². The van der Waals surface area contributed by atoms with Crippen molar-refractivity contribution >= 4 is 29.0 Å². The van der Waals surface area contributed by atoms with E-state index in [4.69, 9.17) is 0 Å². The summed E-state index contributed by atoms with van der Waals surface area (Å²) in [5.74, 6) is -1.36. The van der Waals surface area contributed by atoms with Gasteiger partial charge in [0.05, 0.1) is 6.33 Å². The molecule has 1 saturated carbocycles. The molecule has 0 atom stereocenters. The minimum absolute atomic E-state index is 0.0203. The average molecular weight is 642 g/mol. The van der Waals surface area contributed by atoms with Crippen LogP contribution in [0.3, 0.4) is 0 Å². The van der Waals surface area contributed by atoms with Crippen LogP contribution in [0.4, 0.5) is 23.8 Å². The van der Waals surface area contributed by atoms with E-state index in [9.17, 15) is 33.1 Å². The largest absolute Gasteiger partial charge is 0.490 e. The van der Waals surface area contributed by atoms with Gasteiger partial charge in [0.2, 0.25) is 5.82 Å². The van der Waals surface area contributed by atoms with Crippen LogP contribution in [0.2, 0.25) is 0 Å². The molecular weight excluding hydrogens is 595 g/mol. The van der Waals surface area contributed by atoms with Crippen molar-refractivity contribution in [2.45, 2.75) is 77.6 Å². The van der Waals surface area contributed by atoms with Crippen LogP contribution >= 0.6 is 0 Å². The van der Waals surface area contributed by atoms with Gasteiger partial charge in [-0.1, -0.05) is 12.8 Å². The van der Waals surface area contributed by atoms with Crippen LogP contribution in [0.1, 0.15) is 65.1 Å². The van der Waals surface area contributed by atoms with Crippen molar-refractivity contribution < 1.29 is 32.6 Å². The fourth-order valence-corrected chi connectivity index (χ4v) is 4.81. The fraction of sp³-hybridized carbons (Fsp3) is 0.724. The minimum atomic E-state index is -4.90. The number of aryl methyl sites for hydroxylation is 1. The van der Waals surface area contributed by atoms with E-state index in [0.29, 0.717) is 49.0 Å². The van der Waals surface area contributed by atoms with Gasteiger partial charge in [0.25, 0.3) is 0 Å². The van der Waals surface area contributed by atoms with Crippen molar-refractivity contribution in [3.8, 4) is 6.07 Å². The summed E-state index contributed by atoms with van der Waals surface area (Å²) in [4.78, 5) is 40.2. The summed E-state index contributed by atoms with van der Waals surface area (Å²) in [5, 5.41) is 22.9. The first-order chi connectivity index (χ1) is 20.9. The molecule has 0 bridgehead atoms. The van der Waals surface area contributed by atoms with Crippen LogP contribution in [0, 0.1) is 17.2 Å². The number of amides is 1. The van der Waals surface area contributed by atoms with Gasteiger partial charge in [0.15, 0.2) is 17.0 Å². The lowest BCUT2D eigenvalue weighted by Crippen LogP contribution is -2.49. The number of carboxylic acid groups (broad SMARTS) is 1. The third-order valence-corrected chi connectivity index (χ3v) is 6.82. The van der Waals surface area contributed by atoms with Crippen molar-refractivity contribution in [3.63, 3.8) is 0 Å². The van der Waals surface area contributed by atoms with Crippen molar-refractivity contribution in [2.24, 2.45) is 5.92 Å². The molecule has 2 heterocycles. The number of carbonyl (C=O) groups excluding carboxylic acids is 1. The smallest absolute Gasteiger partial charge is 0.464 e. The molecule has 3 rings (SSSR count). The monoisotopic (exact) mass is 641 g/mol. The zero-order valence-electron chi connectivity index (χ0n) is 27.3. The average Bonchev–Trinajstić information content (AvgIpc) is 3.58. The normalized spacial score (nSPS) is 13.9. The number of rotatable bonds is 12. The van der Waals surface area contributed by atoms with Gasteiger partial charge < -0.3 is 24.2 Å². The van der Waals surface area contributed by atoms with Crippen LogP contribution in [0.25, 0.3) is 11.2 Å². The Balaban J connectivity index is 0.000000547. The molecule has 0 saturated heterocycles. The number of fused-ring (bicyclic) bond motifs is 1. The third kappa shape index (κ3) is 12.3. The highest BCUT2D eigenvalue weighted by molar-refractivity contribution is 5.85. The number of halogens is 3. The van der Waals surface area contributed by atoms with Crippen LogP contribution < -0.4 is 5.01 Å². The Hall–Kier alpha value is -3.71. The number of nitrogens with zero attached hydrogens (tertiary/aromatic N) is 9. The number of hydrogen-bond acceptors (Lipinski definition) is 10. The van der Waals surface area contributed by atoms with Crippen molar-refractivity contribution in [1.82, 2.24) is 34.3 Å². The van der Waals surface area contributed by atoms with Gasteiger partial charge in [-0.25, -0.2) is 19.6 Å². The van der Waals surface area contributed by atoms with Gasteiger partial charge in [0, 0.05) is 19.6 Å². The summed E-state index contributed by atoms with van der Waals surface area (Å²) < 4.78 is 40.5. The summed E-state index contributed by atoms with van der Waals surface area (Å²) in [6.45, 7) is 7.35. The standard InChI is InChI=1S/C23H37N9O2.C6H9F3O2/c1-28(2)11-7-13-30-17-25-20-21(30)26-19(15-24)27-22(20)32(16-18-9-5-6-10-18)31(23(33)34)14-8-12-29(3)4;1-5(2,3)11-4(10)6(7,8)9/h17-18H,5-14,16H2,1-4H3,(H,33,34);1-3H3. The minimum Gasteiger partial charge on any atom is -0.464 e. The number of esters is 1. The molecule has 1 aliphatic rings. The number of carbonyl (C=O) groups is 2. The van der Waals surface area contributed by atoms with Crippen molar-refractivity contribution in [2.75, 3.05) is 59.4 Å². The number of hydrogen-bond donors (Lipinski definition) is 1. The van der Waals surface area contributed by atoms with E-state index in [1.165, 1.54) is 25.8 Å². The second-order valence-corrected chi connectivity index (χ2v) is 12.5. The molecule has 0 spiro atoms. The van der Waals surface area contributed by atoms with Crippen LogP contribution in [-0.2, 0) is 16.1 Å². The topological polar surface area (TPSA) is 144 Å². The van der Waals surface area contributed by atoms with E-state index >= 15 is 0 Å². The Bertz CT molecular complexity index is 1300. The van der Waals surface area contributed by atoms with Gasteiger partial charge >= 0.3 is 18.2 Å². The molecule has 1 amide bonds. The molecule has 0 aliphatic heterocycles. The summed E-state index contributed by atoms with van der Waals surface area (Å²) in [6, 6.07) is 2.05. The van der Waals surface area contributed by atoms with E-state index < -0.39 is 23.8 Å². The molecular formula is C29H46F3N9O4. The molecule has 0 radical (unpaired) electrons. The maximum Gasteiger partial charge on any atom is 0.490 e. The highest BCUT2D eigenvalue weighted by atomic mass is 19.4. The van der Waals surface area contributed by atoms with E-state index in [2.05, 4.69) is 30.7 Å². The number of ether oxygens (including phenoxy) is 1. The number of alkyl halides is 3. The second-order valence-electron chi connectivity index (χ2n) is 12.5. The van der Waals surface area contributed by atoms with Gasteiger partial charge in [-0.2, -0.15) is 28.4 Å². The number of anilines is 1. The Labute approximate surface area is 262 Å². The maximum absolute atomic E-state index is 12.4. The SMILES string of the molecule is CC(C)(C)OC(=O)C(F)(F)F.CN(C)CCCN(C(=O)O)N(CC1CCCC1)c1nc(C#N)nc2c1ncn2CCCN(C)C. The molecule has 2 aromatic heterocycles. The number of aromatic nitrogens is 4. The van der Waals surface area contributed by atoms with E-state index in [1.54, 1.807) is 11.3 Å². The van der Waals surface area contributed by atoms with Gasteiger partial charge in [-0.05, 0) is 93.7 Å². The summed E-state index contributed by atoms with van der Waals surface area (Å²) in [7, 11) is 7.99. The maximum atomic E-state index is 12.4. The Morgan fingerprint density at radius 2 is 1.64 bits per heavy atom. The highest BCUT2D eigenvalue weighted by Gasteiger charge is 2.43. The Morgan fingerprint density at radius 1 is 1.04 bits per heavy atom. The van der Waals surface area contributed by atoms with Crippen LogP contribution in [0.5, 0.6) is 0 Å². The zero-order valence-corrected chi connectivity index (χ0v) is 27.3. The Morgan fingerprint density at radius 3 is 2.13 bits per heavy atom. The predicted molar refractivity (Wildman–Crippen MR) is 162 cm³/mol. The summed E-state index contributed by atoms with van der Waals surface area (Å²) in [6.07, 6.45) is 1.77. The summed E-state index contributed by atoms with van der Waals surface area (Å²) in [5.41, 5.74) is 0.00291. The first-order valence-corrected chi connectivity index (χ1v) is 14.9. The third-order valence-electron chi connectivity index (χ3n) is 6.82. The van der Waals surface area contributed by atoms with E-state index in [1.807, 2.05) is 37.7 Å². The first-order valence-electron chi connectivity index (χ1n) is 14.9.